The van der Waals surface area contributed by atoms with Crippen LogP contribution in [0.3, 0.4) is 0 Å². The average Bonchev–Trinajstić information content (AvgIpc) is 2.05. The number of esters is 1. The second kappa shape index (κ2) is 7.10. The molecule has 0 aliphatic rings. The molecular formula is C9H19NO2. The molecular weight excluding hydrogens is 154 g/mol. The number of ether oxygens (including phenoxy) is 1. The molecule has 1 atom stereocenters. The standard InChI is InChI=1S/C9H19NO2/c1-4-6-10-7-8(3)9(11)12-5-2/h8,10H,4-7H2,1-3H3. The van der Waals surface area contributed by atoms with E-state index in [0.717, 1.165) is 13.0 Å². The number of nitrogens with one attached hydrogen (secondary N) is 1. The van der Waals surface area contributed by atoms with E-state index in [0.29, 0.717) is 13.2 Å². The molecule has 0 saturated heterocycles. The predicted octanol–water partition coefficient (Wildman–Crippen LogP) is 1.19. The van der Waals surface area contributed by atoms with Gasteiger partial charge in [-0.1, -0.05) is 13.8 Å². The number of rotatable bonds is 6. The zero-order valence-electron chi connectivity index (χ0n) is 8.22. The number of hydrogen-bond donors (Lipinski definition) is 1. The number of hydrogen-bond acceptors (Lipinski definition) is 3. The topological polar surface area (TPSA) is 38.3 Å². The van der Waals surface area contributed by atoms with Gasteiger partial charge in [-0.2, -0.15) is 0 Å². The van der Waals surface area contributed by atoms with Gasteiger partial charge in [0.25, 0.3) is 0 Å². The van der Waals surface area contributed by atoms with Gasteiger partial charge >= 0.3 is 5.97 Å². The van der Waals surface area contributed by atoms with Crippen molar-refractivity contribution in [2.75, 3.05) is 19.7 Å². The predicted molar refractivity (Wildman–Crippen MR) is 49.0 cm³/mol. The van der Waals surface area contributed by atoms with Gasteiger partial charge in [-0.3, -0.25) is 4.79 Å². The van der Waals surface area contributed by atoms with E-state index in [4.69, 9.17) is 4.74 Å². The Morgan fingerprint density at radius 1 is 1.50 bits per heavy atom. The van der Waals surface area contributed by atoms with Crippen molar-refractivity contribution in [3.05, 3.63) is 0 Å². The monoisotopic (exact) mass is 173 g/mol. The molecule has 0 amide bonds. The third-order valence-corrected chi connectivity index (χ3v) is 1.57. The van der Waals surface area contributed by atoms with E-state index in [-0.39, 0.29) is 11.9 Å². The van der Waals surface area contributed by atoms with E-state index < -0.39 is 0 Å². The quantitative estimate of drug-likeness (QED) is 0.484. The lowest BCUT2D eigenvalue weighted by molar-refractivity contribution is -0.147. The van der Waals surface area contributed by atoms with Gasteiger partial charge in [0.15, 0.2) is 0 Å². The van der Waals surface area contributed by atoms with Gasteiger partial charge in [-0.05, 0) is 19.9 Å². The van der Waals surface area contributed by atoms with Gasteiger partial charge in [-0.15, -0.1) is 0 Å². The number of carbonyl (C=O) groups excluding carboxylic acids is 1. The highest BCUT2D eigenvalue weighted by Gasteiger charge is 2.12. The van der Waals surface area contributed by atoms with Crippen LogP contribution in [0.4, 0.5) is 0 Å². The Kier molecular flexibility index (Phi) is 6.76. The maximum Gasteiger partial charge on any atom is 0.309 e. The minimum absolute atomic E-state index is 0.0310. The van der Waals surface area contributed by atoms with E-state index >= 15 is 0 Å². The summed E-state index contributed by atoms with van der Waals surface area (Å²) >= 11 is 0. The smallest absolute Gasteiger partial charge is 0.309 e. The minimum Gasteiger partial charge on any atom is -0.466 e. The van der Waals surface area contributed by atoms with Crippen LogP contribution in [0, 0.1) is 5.92 Å². The van der Waals surface area contributed by atoms with E-state index in [1.807, 2.05) is 13.8 Å². The van der Waals surface area contributed by atoms with Crippen molar-refractivity contribution in [3.8, 4) is 0 Å². The molecule has 72 valence electrons. The molecule has 1 N–H and O–H groups in total. The fourth-order valence-corrected chi connectivity index (χ4v) is 0.863. The molecule has 0 aliphatic heterocycles. The van der Waals surface area contributed by atoms with Crippen LogP contribution < -0.4 is 5.32 Å². The largest absolute Gasteiger partial charge is 0.466 e. The lowest BCUT2D eigenvalue weighted by atomic mass is 10.2. The van der Waals surface area contributed by atoms with Crippen LogP contribution in [0.15, 0.2) is 0 Å². The zero-order valence-corrected chi connectivity index (χ0v) is 8.22. The molecule has 0 rings (SSSR count). The van der Waals surface area contributed by atoms with E-state index in [2.05, 4.69) is 12.2 Å². The highest BCUT2D eigenvalue weighted by atomic mass is 16.5. The Labute approximate surface area is 74.5 Å². The summed E-state index contributed by atoms with van der Waals surface area (Å²) < 4.78 is 4.86. The van der Waals surface area contributed by atoms with Crippen LogP contribution in [0.2, 0.25) is 0 Å². The van der Waals surface area contributed by atoms with E-state index in [9.17, 15) is 4.79 Å². The van der Waals surface area contributed by atoms with Crippen LogP contribution in [0.25, 0.3) is 0 Å². The Hall–Kier alpha value is -0.570. The summed E-state index contributed by atoms with van der Waals surface area (Å²) in [5, 5.41) is 3.17. The van der Waals surface area contributed by atoms with Gasteiger partial charge in [-0.25, -0.2) is 0 Å². The molecule has 3 heteroatoms. The third kappa shape index (κ3) is 5.13. The highest BCUT2D eigenvalue weighted by Crippen LogP contribution is 1.96. The van der Waals surface area contributed by atoms with Gasteiger partial charge < -0.3 is 10.1 Å². The molecule has 0 heterocycles. The van der Waals surface area contributed by atoms with E-state index in [1.54, 1.807) is 0 Å². The van der Waals surface area contributed by atoms with Crippen LogP contribution in [0.5, 0.6) is 0 Å². The van der Waals surface area contributed by atoms with Gasteiger partial charge in [0.2, 0.25) is 0 Å². The van der Waals surface area contributed by atoms with Crippen molar-refractivity contribution in [1.29, 1.82) is 0 Å². The lowest BCUT2D eigenvalue weighted by Gasteiger charge is -2.10. The molecule has 0 aromatic heterocycles. The molecule has 0 fully saturated rings. The van der Waals surface area contributed by atoms with Crippen LogP contribution in [-0.4, -0.2) is 25.7 Å². The average molecular weight is 173 g/mol. The van der Waals surface area contributed by atoms with Crippen LogP contribution in [0.1, 0.15) is 27.2 Å². The highest BCUT2D eigenvalue weighted by molar-refractivity contribution is 5.72. The molecule has 0 aromatic carbocycles. The normalized spacial score (nSPS) is 12.6. The maximum atomic E-state index is 11.1. The van der Waals surface area contributed by atoms with Crippen molar-refractivity contribution < 1.29 is 9.53 Å². The molecule has 0 aromatic rings. The SMILES string of the molecule is CCCNCC(C)C(=O)OCC. The first-order valence-electron chi connectivity index (χ1n) is 4.59. The molecule has 0 spiro atoms. The summed E-state index contributed by atoms with van der Waals surface area (Å²) in [6, 6.07) is 0. The van der Waals surface area contributed by atoms with Gasteiger partial charge in [0.05, 0.1) is 12.5 Å². The van der Waals surface area contributed by atoms with Crippen LogP contribution in [-0.2, 0) is 9.53 Å². The summed E-state index contributed by atoms with van der Waals surface area (Å²) in [7, 11) is 0. The fourth-order valence-electron chi connectivity index (χ4n) is 0.863. The summed E-state index contributed by atoms with van der Waals surface area (Å²) in [6.45, 7) is 7.94. The Morgan fingerprint density at radius 2 is 2.17 bits per heavy atom. The Balaban J connectivity index is 3.42. The molecule has 0 saturated carbocycles. The Morgan fingerprint density at radius 3 is 2.67 bits per heavy atom. The summed E-state index contributed by atoms with van der Waals surface area (Å²) in [5.41, 5.74) is 0. The van der Waals surface area contributed by atoms with Gasteiger partial charge in [0, 0.05) is 6.54 Å². The molecule has 1 unspecified atom stereocenters. The Bertz CT molecular complexity index is 126. The van der Waals surface area contributed by atoms with E-state index in [1.165, 1.54) is 0 Å². The lowest BCUT2D eigenvalue weighted by Crippen LogP contribution is -2.28. The molecule has 3 nitrogen and oxygen atoms in total. The first-order valence-corrected chi connectivity index (χ1v) is 4.59. The van der Waals surface area contributed by atoms with Crippen molar-refractivity contribution in [2.45, 2.75) is 27.2 Å². The summed E-state index contributed by atoms with van der Waals surface area (Å²) in [4.78, 5) is 11.1. The first-order chi connectivity index (χ1) is 5.72. The fraction of sp³-hybridized carbons (Fsp3) is 0.889. The second-order valence-electron chi connectivity index (χ2n) is 2.86. The summed E-state index contributed by atoms with van der Waals surface area (Å²) in [6.07, 6.45) is 1.09. The summed E-state index contributed by atoms with van der Waals surface area (Å²) in [5.74, 6) is -0.141. The number of carbonyl (C=O) groups is 1. The van der Waals surface area contributed by atoms with Crippen molar-refractivity contribution in [2.24, 2.45) is 5.92 Å². The first kappa shape index (κ1) is 11.4. The van der Waals surface area contributed by atoms with Crippen LogP contribution >= 0.6 is 0 Å². The minimum atomic E-state index is -0.110. The molecule has 0 radical (unpaired) electrons. The molecule has 0 bridgehead atoms. The molecule has 12 heavy (non-hydrogen) atoms. The van der Waals surface area contributed by atoms with Crippen molar-refractivity contribution >= 4 is 5.97 Å². The third-order valence-electron chi connectivity index (χ3n) is 1.57. The molecule has 0 aliphatic carbocycles. The zero-order chi connectivity index (χ0) is 9.40. The van der Waals surface area contributed by atoms with Crippen molar-refractivity contribution in [3.63, 3.8) is 0 Å². The van der Waals surface area contributed by atoms with Crippen molar-refractivity contribution in [1.82, 2.24) is 5.32 Å². The maximum absolute atomic E-state index is 11.1. The second-order valence-corrected chi connectivity index (χ2v) is 2.86. The van der Waals surface area contributed by atoms with Gasteiger partial charge in [0.1, 0.15) is 0 Å².